The van der Waals surface area contributed by atoms with E-state index in [1.165, 1.54) is 20.9 Å². The van der Waals surface area contributed by atoms with Crippen LogP contribution in [-0.4, -0.2) is 23.2 Å². The summed E-state index contributed by atoms with van der Waals surface area (Å²) < 4.78 is 0. The molecule has 2 aromatic carbocycles. The van der Waals surface area contributed by atoms with Crippen LogP contribution >= 0.6 is 22.9 Å². The van der Waals surface area contributed by atoms with Gasteiger partial charge in [-0.3, -0.25) is 4.99 Å². The quantitative estimate of drug-likeness (QED) is 0.202. The fourth-order valence-corrected chi connectivity index (χ4v) is 4.88. The van der Waals surface area contributed by atoms with Gasteiger partial charge in [0.2, 0.25) is 0 Å². The van der Waals surface area contributed by atoms with E-state index in [0.29, 0.717) is 0 Å². The Morgan fingerprint density at radius 1 is 0.971 bits per heavy atom. The van der Waals surface area contributed by atoms with E-state index < -0.39 is 0 Å². The third-order valence-corrected chi connectivity index (χ3v) is 7.10. The van der Waals surface area contributed by atoms with Crippen LogP contribution in [-0.2, 0) is 12.8 Å². The van der Waals surface area contributed by atoms with Crippen molar-refractivity contribution in [1.29, 1.82) is 0 Å². The van der Waals surface area contributed by atoms with Crippen LogP contribution in [0.2, 0.25) is 5.02 Å². The van der Waals surface area contributed by atoms with Gasteiger partial charge >= 0.3 is 0 Å². The van der Waals surface area contributed by atoms with E-state index in [1.54, 1.807) is 0 Å². The second kappa shape index (κ2) is 12.8. The lowest BCUT2D eigenvalue weighted by Crippen LogP contribution is -2.20. The zero-order valence-corrected chi connectivity index (χ0v) is 22.4. The molecule has 0 saturated heterocycles. The average molecular weight is 492 g/mol. The maximum Gasteiger partial charge on any atom is 0.0903 e. The summed E-state index contributed by atoms with van der Waals surface area (Å²) in [4.78, 5) is 7.99. The number of aryl methyl sites for hydroxylation is 3. The first-order valence-electron chi connectivity index (χ1n) is 11.9. The number of benzene rings is 2. The largest absolute Gasteiger partial charge is 0.275 e. The highest BCUT2D eigenvalue weighted by molar-refractivity contribution is 7.12. The van der Waals surface area contributed by atoms with Crippen LogP contribution in [0, 0.1) is 6.92 Å². The van der Waals surface area contributed by atoms with Crippen LogP contribution in [0.3, 0.4) is 0 Å². The molecule has 0 aliphatic heterocycles. The predicted molar refractivity (Wildman–Crippen MR) is 151 cm³/mol. The third kappa shape index (κ3) is 7.48. The Morgan fingerprint density at radius 3 is 2.29 bits per heavy atom. The van der Waals surface area contributed by atoms with Crippen LogP contribution in [0.25, 0.3) is 0 Å². The van der Waals surface area contributed by atoms with E-state index in [0.717, 1.165) is 53.4 Å². The molecule has 0 aliphatic rings. The molecule has 34 heavy (non-hydrogen) atoms. The summed E-state index contributed by atoms with van der Waals surface area (Å²) in [5.74, 6) is 0. The summed E-state index contributed by atoms with van der Waals surface area (Å²) in [6, 6.07) is 20.8. The molecule has 1 aromatic heterocycles. The molecule has 3 rings (SSSR count). The molecule has 3 nitrogen and oxygen atoms in total. The summed E-state index contributed by atoms with van der Waals surface area (Å²) in [7, 11) is 0. The fraction of sp³-hybridized carbons (Fsp3) is 0.345. The van der Waals surface area contributed by atoms with Gasteiger partial charge in [0, 0.05) is 31.6 Å². The molecule has 0 aliphatic carbocycles. The summed E-state index contributed by atoms with van der Waals surface area (Å²) in [6.45, 7) is 10.3. The maximum atomic E-state index is 6.20. The molecule has 178 valence electrons. The number of thiophene rings is 1. The molecule has 5 heteroatoms. The minimum atomic E-state index is -0.0538. The summed E-state index contributed by atoms with van der Waals surface area (Å²) in [5, 5.41) is 9.58. The number of hydrogen-bond acceptors (Lipinski definition) is 4. The topological polar surface area (TPSA) is 37.1 Å². The highest BCUT2D eigenvalue weighted by Gasteiger charge is 2.18. The van der Waals surface area contributed by atoms with E-state index >= 15 is 0 Å². The lowest BCUT2D eigenvalue weighted by Gasteiger charge is -2.16. The van der Waals surface area contributed by atoms with Gasteiger partial charge in [-0.05, 0) is 77.1 Å². The zero-order chi connectivity index (χ0) is 24.5. The van der Waals surface area contributed by atoms with Crippen LogP contribution in [0.1, 0.15) is 67.0 Å². The predicted octanol–water partition coefficient (Wildman–Crippen LogP) is 8.36. The highest BCUT2D eigenvalue weighted by Crippen LogP contribution is 2.27. The number of rotatable bonds is 10. The molecule has 0 radical (unpaired) electrons. The van der Waals surface area contributed by atoms with Gasteiger partial charge in [-0.25, -0.2) is 0 Å². The van der Waals surface area contributed by atoms with Crippen LogP contribution in [0.15, 0.2) is 75.9 Å². The van der Waals surface area contributed by atoms with Crippen molar-refractivity contribution in [2.75, 3.05) is 0 Å². The average Bonchev–Trinajstić information content (AvgIpc) is 3.21. The summed E-state index contributed by atoms with van der Waals surface area (Å²) in [6.07, 6.45) is 3.97. The van der Waals surface area contributed by atoms with E-state index in [4.69, 9.17) is 16.6 Å². The number of nitrogens with zero attached hydrogens (tertiary/aromatic N) is 3. The van der Waals surface area contributed by atoms with Gasteiger partial charge in [0.25, 0.3) is 0 Å². The lowest BCUT2D eigenvalue weighted by molar-refractivity contribution is 0.686. The van der Waals surface area contributed by atoms with E-state index in [9.17, 15) is 0 Å². The van der Waals surface area contributed by atoms with E-state index in [-0.39, 0.29) is 6.04 Å². The Kier molecular flexibility index (Phi) is 9.79. The minimum absolute atomic E-state index is 0.0538. The fourth-order valence-electron chi connectivity index (χ4n) is 3.77. The molecule has 0 amide bonds. The molecule has 0 bridgehead atoms. The molecule has 1 unspecified atom stereocenters. The van der Waals surface area contributed by atoms with Gasteiger partial charge in [0.15, 0.2) is 0 Å². The minimum Gasteiger partial charge on any atom is -0.275 e. The molecule has 0 saturated carbocycles. The SMILES string of the molecule is CCc1cc(C(=NC(CCCc2ccccc2)/C(C)=N/N=C(C)C)c2ccc(Cl)cc2)c(C)s1. The number of hydrogen-bond donors (Lipinski definition) is 0. The molecule has 1 heterocycles. The molecule has 0 fully saturated rings. The van der Waals surface area contributed by atoms with Gasteiger partial charge in [-0.15, -0.1) is 11.3 Å². The van der Waals surface area contributed by atoms with Gasteiger partial charge in [-0.1, -0.05) is 61.0 Å². The summed E-state index contributed by atoms with van der Waals surface area (Å²) >= 11 is 8.05. The Labute approximate surface area is 213 Å². The van der Waals surface area contributed by atoms with Crippen molar-refractivity contribution in [3.63, 3.8) is 0 Å². The normalized spacial score (nSPS) is 13.1. The molecular weight excluding hydrogens is 458 g/mol. The van der Waals surface area contributed by atoms with Crippen LogP contribution in [0.5, 0.6) is 0 Å². The van der Waals surface area contributed by atoms with E-state index in [2.05, 4.69) is 72.6 Å². The van der Waals surface area contributed by atoms with Crippen molar-refractivity contribution in [3.05, 3.63) is 92.1 Å². The van der Waals surface area contributed by atoms with Gasteiger partial charge < -0.3 is 0 Å². The Balaban J connectivity index is 2.01. The first kappa shape index (κ1) is 26.1. The second-order valence-corrected chi connectivity index (χ2v) is 10.5. The van der Waals surface area contributed by atoms with Crippen molar-refractivity contribution < 1.29 is 0 Å². The van der Waals surface area contributed by atoms with Crippen LogP contribution < -0.4 is 0 Å². The summed E-state index contributed by atoms with van der Waals surface area (Å²) in [5.41, 5.74) is 6.49. The van der Waals surface area contributed by atoms with Gasteiger partial charge in [-0.2, -0.15) is 10.2 Å². The standard InChI is InChI=1S/C29H34ClN3S/c1-6-26-19-27(22(5)34-26)29(24-15-17-25(30)18-16-24)31-28(21(4)33-32-20(2)3)14-10-13-23-11-8-7-9-12-23/h7-9,11-12,15-19,28H,6,10,13-14H2,1-5H3/b31-29?,33-21+. The van der Waals surface area contributed by atoms with Crippen molar-refractivity contribution >= 4 is 40.1 Å². The van der Waals surface area contributed by atoms with Crippen molar-refractivity contribution in [1.82, 2.24) is 0 Å². The van der Waals surface area contributed by atoms with Crippen molar-refractivity contribution in [2.45, 2.75) is 66.3 Å². The zero-order valence-electron chi connectivity index (χ0n) is 20.8. The first-order chi connectivity index (χ1) is 16.4. The monoisotopic (exact) mass is 491 g/mol. The Morgan fingerprint density at radius 2 is 1.68 bits per heavy atom. The molecule has 0 N–H and O–H groups in total. The Hall–Kier alpha value is -2.56. The molecule has 1 atom stereocenters. The smallest absolute Gasteiger partial charge is 0.0903 e. The number of halogens is 1. The van der Waals surface area contributed by atoms with E-state index in [1.807, 2.05) is 44.2 Å². The number of aliphatic imine (C=N–C) groups is 1. The van der Waals surface area contributed by atoms with Gasteiger partial charge in [0.05, 0.1) is 17.5 Å². The molecular formula is C29H34ClN3S. The lowest BCUT2D eigenvalue weighted by atomic mass is 9.99. The highest BCUT2D eigenvalue weighted by atomic mass is 35.5. The molecule has 0 spiro atoms. The third-order valence-electron chi connectivity index (χ3n) is 5.65. The van der Waals surface area contributed by atoms with Crippen LogP contribution in [0.4, 0.5) is 0 Å². The molecule has 3 aromatic rings. The van der Waals surface area contributed by atoms with Gasteiger partial charge in [0.1, 0.15) is 0 Å². The first-order valence-corrected chi connectivity index (χ1v) is 13.1. The van der Waals surface area contributed by atoms with Crippen molar-refractivity contribution in [2.24, 2.45) is 15.2 Å². The second-order valence-electron chi connectivity index (χ2n) is 8.70. The maximum absolute atomic E-state index is 6.20. The Bertz CT molecular complexity index is 1150. The van der Waals surface area contributed by atoms with Crippen molar-refractivity contribution in [3.8, 4) is 0 Å².